The number of rotatable bonds is 8. The van der Waals surface area contributed by atoms with Gasteiger partial charge in [-0.2, -0.15) is 0 Å². The molecule has 0 unspecified atom stereocenters. The average molecular weight is 391 g/mol. The summed E-state index contributed by atoms with van der Waals surface area (Å²) >= 11 is 13.2. The molecule has 1 aromatic heterocycles. The lowest BCUT2D eigenvalue weighted by molar-refractivity contribution is 0.543. The lowest BCUT2D eigenvalue weighted by atomic mass is 10.5. The van der Waals surface area contributed by atoms with E-state index < -0.39 is 0 Å². The first-order chi connectivity index (χ1) is 10.8. The molecule has 0 aliphatic rings. The summed E-state index contributed by atoms with van der Waals surface area (Å²) in [7, 11) is 3.76. The Balaban J connectivity index is 2.59. The van der Waals surface area contributed by atoms with Gasteiger partial charge < -0.3 is 21.3 Å². The Morgan fingerprint density at radius 1 is 1.04 bits per heavy atom. The second-order valence-corrected chi connectivity index (χ2v) is 7.84. The van der Waals surface area contributed by atoms with E-state index in [1.807, 2.05) is 30.8 Å². The third kappa shape index (κ3) is 7.51. The fourth-order valence-corrected chi connectivity index (χ4v) is 3.75. The van der Waals surface area contributed by atoms with Crippen LogP contribution < -0.4 is 11.5 Å². The van der Waals surface area contributed by atoms with Crippen LogP contribution in [0.4, 0.5) is 0 Å². The van der Waals surface area contributed by atoms with E-state index in [0.717, 1.165) is 40.3 Å². The van der Waals surface area contributed by atoms with Gasteiger partial charge in [-0.3, -0.25) is 0 Å². The van der Waals surface area contributed by atoms with Gasteiger partial charge in [-0.15, -0.1) is 23.5 Å². The highest BCUT2D eigenvalue weighted by molar-refractivity contribution is 8.02. The van der Waals surface area contributed by atoms with Crippen molar-refractivity contribution in [3.63, 3.8) is 0 Å². The van der Waals surface area contributed by atoms with Crippen molar-refractivity contribution in [1.29, 1.82) is 0 Å². The first-order valence-corrected chi connectivity index (χ1v) is 9.70. The molecule has 23 heavy (non-hydrogen) atoms. The average Bonchev–Trinajstić information content (AvgIpc) is 2.48. The molecular formula is C13H22N6S4. The molecule has 0 radical (unpaired) electrons. The Morgan fingerprint density at radius 2 is 1.52 bits per heavy atom. The SMILES string of the molecule is Cc1cnc(SCCN(C)C(N)=S)c(SCCN(C)C(N)=S)n1. The third-order valence-electron chi connectivity index (χ3n) is 2.91. The van der Waals surface area contributed by atoms with Crippen molar-refractivity contribution in [2.75, 3.05) is 38.7 Å². The molecule has 0 aliphatic carbocycles. The van der Waals surface area contributed by atoms with Gasteiger partial charge in [-0.1, -0.05) is 0 Å². The van der Waals surface area contributed by atoms with Crippen LogP contribution in [0.5, 0.6) is 0 Å². The van der Waals surface area contributed by atoms with Crippen molar-refractivity contribution in [2.24, 2.45) is 11.5 Å². The molecule has 10 heteroatoms. The number of hydrogen-bond acceptors (Lipinski definition) is 6. The number of nitrogens with two attached hydrogens (primary N) is 2. The minimum atomic E-state index is 0.399. The van der Waals surface area contributed by atoms with Crippen molar-refractivity contribution in [3.8, 4) is 0 Å². The summed E-state index contributed by atoms with van der Waals surface area (Å²) in [6.07, 6.45) is 1.78. The van der Waals surface area contributed by atoms with Crippen LogP contribution in [-0.4, -0.2) is 68.7 Å². The zero-order valence-corrected chi connectivity index (χ0v) is 16.7. The van der Waals surface area contributed by atoms with Gasteiger partial charge in [0.25, 0.3) is 0 Å². The minimum absolute atomic E-state index is 0.399. The van der Waals surface area contributed by atoms with Crippen molar-refractivity contribution < 1.29 is 0 Å². The molecule has 6 nitrogen and oxygen atoms in total. The summed E-state index contributed by atoms with van der Waals surface area (Å²) < 4.78 is 0. The zero-order chi connectivity index (χ0) is 17.4. The largest absolute Gasteiger partial charge is 0.376 e. The summed E-state index contributed by atoms with van der Waals surface area (Å²) in [6, 6.07) is 0. The lowest BCUT2D eigenvalue weighted by Crippen LogP contribution is -2.33. The predicted molar refractivity (Wildman–Crippen MR) is 107 cm³/mol. The van der Waals surface area contributed by atoms with Crippen molar-refractivity contribution in [2.45, 2.75) is 17.0 Å². The second kappa shape index (κ2) is 10.1. The summed E-state index contributed by atoms with van der Waals surface area (Å²) in [5, 5.41) is 2.66. The van der Waals surface area contributed by atoms with Crippen LogP contribution in [0, 0.1) is 6.92 Å². The first-order valence-electron chi connectivity index (χ1n) is 6.91. The number of nitrogens with zero attached hydrogens (tertiary/aromatic N) is 4. The second-order valence-electron chi connectivity index (χ2n) is 4.84. The van der Waals surface area contributed by atoms with E-state index in [1.54, 1.807) is 29.7 Å². The maximum Gasteiger partial charge on any atom is 0.166 e. The Labute approximate surface area is 156 Å². The molecule has 0 atom stereocenters. The highest BCUT2D eigenvalue weighted by Gasteiger charge is 2.10. The van der Waals surface area contributed by atoms with Crippen LogP contribution in [0.25, 0.3) is 0 Å². The summed E-state index contributed by atoms with van der Waals surface area (Å²) in [5.41, 5.74) is 12.1. The van der Waals surface area contributed by atoms with Crippen molar-refractivity contribution in [3.05, 3.63) is 11.9 Å². The molecule has 0 saturated carbocycles. The summed E-state index contributed by atoms with van der Waals surface area (Å²) in [6.45, 7) is 3.47. The normalized spacial score (nSPS) is 10.4. The fraction of sp³-hybridized carbons (Fsp3) is 0.538. The minimum Gasteiger partial charge on any atom is -0.376 e. The van der Waals surface area contributed by atoms with Crippen LogP contribution in [0.3, 0.4) is 0 Å². The van der Waals surface area contributed by atoms with Gasteiger partial charge in [0.2, 0.25) is 0 Å². The highest BCUT2D eigenvalue weighted by atomic mass is 32.2. The molecule has 1 aromatic rings. The smallest absolute Gasteiger partial charge is 0.166 e. The number of hydrogen-bond donors (Lipinski definition) is 2. The van der Waals surface area contributed by atoms with Crippen LogP contribution in [0.2, 0.25) is 0 Å². The zero-order valence-electron chi connectivity index (χ0n) is 13.5. The maximum absolute atomic E-state index is 5.58. The van der Waals surface area contributed by atoms with Gasteiger partial charge in [0.05, 0.1) is 5.69 Å². The topological polar surface area (TPSA) is 84.3 Å². The van der Waals surface area contributed by atoms with Gasteiger partial charge in [0, 0.05) is 44.9 Å². The Morgan fingerprint density at radius 3 is 2.00 bits per heavy atom. The van der Waals surface area contributed by atoms with Gasteiger partial charge >= 0.3 is 0 Å². The van der Waals surface area contributed by atoms with Crippen LogP contribution in [-0.2, 0) is 0 Å². The van der Waals surface area contributed by atoms with Crippen molar-refractivity contribution in [1.82, 2.24) is 19.8 Å². The lowest BCUT2D eigenvalue weighted by Gasteiger charge is -2.17. The van der Waals surface area contributed by atoms with Gasteiger partial charge in [0.1, 0.15) is 10.1 Å². The first kappa shape index (κ1) is 20.2. The standard InChI is InChI=1S/C13H22N6S4/c1-9-8-16-10(22-6-4-18(2)12(14)20)11(17-9)23-7-5-19(3)13(15)21/h8H,4-7H2,1-3H3,(H2,14,20)(H2,15,21). The number of thioether (sulfide) groups is 2. The van der Waals surface area contributed by atoms with Gasteiger partial charge in [-0.25, -0.2) is 9.97 Å². The fourth-order valence-electron chi connectivity index (χ4n) is 1.42. The molecule has 0 aromatic carbocycles. The molecule has 0 amide bonds. The van der Waals surface area contributed by atoms with E-state index in [9.17, 15) is 0 Å². The van der Waals surface area contributed by atoms with E-state index in [0.29, 0.717) is 10.2 Å². The monoisotopic (exact) mass is 390 g/mol. The number of thiocarbonyl (C=S) groups is 2. The Bertz CT molecular complexity index is 553. The number of aryl methyl sites for hydroxylation is 1. The number of aromatic nitrogens is 2. The van der Waals surface area contributed by atoms with Crippen LogP contribution in [0.15, 0.2) is 16.2 Å². The molecule has 1 heterocycles. The molecular weight excluding hydrogens is 368 g/mol. The Kier molecular flexibility index (Phi) is 8.88. The van der Waals surface area contributed by atoms with E-state index in [2.05, 4.69) is 9.97 Å². The quantitative estimate of drug-likeness (QED) is 0.501. The van der Waals surface area contributed by atoms with Crippen LogP contribution >= 0.6 is 48.0 Å². The highest BCUT2D eigenvalue weighted by Crippen LogP contribution is 2.27. The molecule has 0 fully saturated rings. The molecule has 0 spiro atoms. The van der Waals surface area contributed by atoms with E-state index in [-0.39, 0.29) is 0 Å². The molecule has 128 valence electrons. The summed E-state index contributed by atoms with van der Waals surface area (Å²) in [4.78, 5) is 12.8. The molecule has 1 rings (SSSR count). The summed E-state index contributed by atoms with van der Waals surface area (Å²) in [5.74, 6) is 1.68. The molecule has 4 N–H and O–H groups in total. The van der Waals surface area contributed by atoms with Gasteiger partial charge in [0.15, 0.2) is 10.2 Å². The maximum atomic E-state index is 5.58. The van der Waals surface area contributed by atoms with Gasteiger partial charge in [-0.05, 0) is 31.4 Å². The Hall–Kier alpha value is -0.840. The van der Waals surface area contributed by atoms with E-state index in [4.69, 9.17) is 35.9 Å². The van der Waals surface area contributed by atoms with E-state index in [1.165, 1.54) is 0 Å². The third-order valence-corrected chi connectivity index (χ3v) is 5.57. The van der Waals surface area contributed by atoms with Crippen molar-refractivity contribution >= 4 is 58.2 Å². The van der Waals surface area contributed by atoms with Crippen LogP contribution in [0.1, 0.15) is 5.69 Å². The molecule has 0 saturated heterocycles. The predicted octanol–water partition coefficient (Wildman–Crippen LogP) is 1.32. The molecule has 0 bridgehead atoms. The van der Waals surface area contributed by atoms with E-state index >= 15 is 0 Å². The molecule has 0 aliphatic heterocycles.